The Bertz CT molecular complexity index is 607. The van der Waals surface area contributed by atoms with Crippen molar-refractivity contribution in [2.45, 2.75) is 18.1 Å². The quantitative estimate of drug-likeness (QED) is 0.519. The Morgan fingerprint density at radius 3 is 1.95 bits per heavy atom. The Balaban J connectivity index is 3.03. The van der Waals surface area contributed by atoms with Crippen LogP contribution in [0.4, 0.5) is 17.6 Å². The maximum absolute atomic E-state index is 13.8. The first-order chi connectivity index (χ1) is 8.88. The van der Waals surface area contributed by atoms with Crippen LogP contribution in [-0.2, 0) is 20.6 Å². The number of carbonyl (C=O) groups excluding carboxylic acids is 1. The van der Waals surface area contributed by atoms with E-state index in [1.807, 2.05) is 0 Å². The van der Waals surface area contributed by atoms with E-state index in [0.29, 0.717) is 0 Å². The lowest BCUT2D eigenvalue weighted by Crippen LogP contribution is -2.34. The van der Waals surface area contributed by atoms with Crippen LogP contribution < -0.4 is 9.92 Å². The second-order valence-corrected chi connectivity index (χ2v) is 5.41. The van der Waals surface area contributed by atoms with Crippen molar-refractivity contribution in [3.8, 4) is 5.75 Å². The van der Waals surface area contributed by atoms with Crippen molar-refractivity contribution >= 4 is 16.0 Å². The summed E-state index contributed by atoms with van der Waals surface area (Å²) in [5.74, 6) is -1.97. The van der Waals surface area contributed by atoms with Gasteiger partial charge in [0.1, 0.15) is 5.75 Å². The SMILES string of the molecule is C[C@](F)(C(N)=O)c1ccc(OS(=O)(=O)C(F)(F)F)cc1. The normalized spacial score (nSPS) is 15.4. The lowest BCUT2D eigenvalue weighted by Gasteiger charge is -2.17. The number of nitrogens with two attached hydrogens (primary N) is 1. The van der Waals surface area contributed by atoms with Crippen LogP contribution in [0.1, 0.15) is 12.5 Å². The van der Waals surface area contributed by atoms with Crippen molar-refractivity contribution in [3.05, 3.63) is 29.8 Å². The van der Waals surface area contributed by atoms with Gasteiger partial charge in [0, 0.05) is 0 Å². The molecule has 10 heteroatoms. The van der Waals surface area contributed by atoms with Gasteiger partial charge in [-0.15, -0.1) is 0 Å². The molecule has 1 atom stereocenters. The predicted octanol–water partition coefficient (Wildman–Crippen LogP) is 1.58. The number of rotatable bonds is 4. The predicted molar refractivity (Wildman–Crippen MR) is 59.7 cm³/mol. The minimum Gasteiger partial charge on any atom is -0.376 e. The molecule has 112 valence electrons. The minimum absolute atomic E-state index is 0.248. The van der Waals surface area contributed by atoms with E-state index in [9.17, 15) is 30.8 Å². The molecule has 2 N–H and O–H groups in total. The van der Waals surface area contributed by atoms with E-state index in [4.69, 9.17) is 5.73 Å². The maximum Gasteiger partial charge on any atom is 0.534 e. The highest BCUT2D eigenvalue weighted by atomic mass is 32.2. The summed E-state index contributed by atoms with van der Waals surface area (Å²) in [6.45, 7) is 0.859. The largest absolute Gasteiger partial charge is 0.534 e. The molecule has 1 aromatic rings. The first-order valence-electron chi connectivity index (χ1n) is 4.98. The van der Waals surface area contributed by atoms with E-state index < -0.39 is 33.0 Å². The average Bonchev–Trinajstić information content (AvgIpc) is 2.27. The summed E-state index contributed by atoms with van der Waals surface area (Å²) in [6, 6.07) is 3.34. The molecule has 0 heterocycles. The molecule has 0 saturated carbocycles. The van der Waals surface area contributed by atoms with Crippen molar-refractivity contribution in [1.29, 1.82) is 0 Å². The summed E-state index contributed by atoms with van der Waals surface area (Å²) in [6.07, 6.45) is 0. The molecule has 1 amide bonds. The van der Waals surface area contributed by atoms with E-state index in [-0.39, 0.29) is 5.56 Å². The lowest BCUT2D eigenvalue weighted by atomic mass is 9.97. The number of amides is 1. The number of hydrogen-bond acceptors (Lipinski definition) is 4. The average molecular weight is 315 g/mol. The number of benzene rings is 1. The van der Waals surface area contributed by atoms with Gasteiger partial charge >= 0.3 is 15.6 Å². The number of carbonyl (C=O) groups is 1. The zero-order chi connectivity index (χ0) is 15.8. The van der Waals surface area contributed by atoms with Crippen LogP contribution in [0.3, 0.4) is 0 Å². The summed E-state index contributed by atoms with van der Waals surface area (Å²) in [7, 11) is -5.80. The second kappa shape index (κ2) is 4.93. The first kappa shape index (κ1) is 16.2. The van der Waals surface area contributed by atoms with Crippen LogP contribution in [0, 0.1) is 0 Å². The van der Waals surface area contributed by atoms with Crippen molar-refractivity contribution in [1.82, 2.24) is 0 Å². The summed E-state index contributed by atoms with van der Waals surface area (Å²) in [4.78, 5) is 10.8. The van der Waals surface area contributed by atoms with Crippen molar-refractivity contribution in [2.75, 3.05) is 0 Å². The van der Waals surface area contributed by atoms with Gasteiger partial charge in [-0.25, -0.2) is 4.39 Å². The third-order valence-electron chi connectivity index (χ3n) is 2.35. The highest BCUT2D eigenvalue weighted by molar-refractivity contribution is 7.87. The molecule has 0 saturated heterocycles. The van der Waals surface area contributed by atoms with Crippen LogP contribution in [0.2, 0.25) is 0 Å². The molecule has 20 heavy (non-hydrogen) atoms. The molecule has 1 aromatic carbocycles. The van der Waals surface area contributed by atoms with Crippen LogP contribution in [0.15, 0.2) is 24.3 Å². The van der Waals surface area contributed by atoms with E-state index in [1.165, 1.54) is 0 Å². The van der Waals surface area contributed by atoms with Gasteiger partial charge in [-0.05, 0) is 24.6 Å². The fraction of sp³-hybridized carbons (Fsp3) is 0.300. The van der Waals surface area contributed by atoms with Gasteiger partial charge in [0.25, 0.3) is 5.91 Å². The number of alkyl halides is 4. The minimum atomic E-state index is -5.80. The molecular weight excluding hydrogens is 306 g/mol. The molecule has 0 aliphatic carbocycles. The number of halogens is 4. The zero-order valence-electron chi connectivity index (χ0n) is 9.94. The summed E-state index contributed by atoms with van der Waals surface area (Å²) >= 11 is 0. The number of primary amides is 1. The van der Waals surface area contributed by atoms with E-state index >= 15 is 0 Å². The topological polar surface area (TPSA) is 86.5 Å². The third kappa shape index (κ3) is 3.18. The van der Waals surface area contributed by atoms with Crippen LogP contribution in [0.5, 0.6) is 5.75 Å². The van der Waals surface area contributed by atoms with Crippen molar-refractivity contribution < 1.29 is 35.0 Å². The van der Waals surface area contributed by atoms with Gasteiger partial charge in [-0.2, -0.15) is 21.6 Å². The Hall–Kier alpha value is -1.84. The molecule has 0 aliphatic heterocycles. The summed E-state index contributed by atoms with van der Waals surface area (Å²) < 4.78 is 75.2. The highest BCUT2D eigenvalue weighted by Gasteiger charge is 2.48. The molecule has 1 rings (SSSR count). The lowest BCUT2D eigenvalue weighted by molar-refractivity contribution is -0.128. The molecule has 5 nitrogen and oxygen atoms in total. The van der Waals surface area contributed by atoms with E-state index in [0.717, 1.165) is 31.2 Å². The third-order valence-corrected chi connectivity index (χ3v) is 3.33. The van der Waals surface area contributed by atoms with Crippen molar-refractivity contribution in [3.63, 3.8) is 0 Å². The van der Waals surface area contributed by atoms with Crippen LogP contribution >= 0.6 is 0 Å². The molecular formula is C10H9F4NO4S. The highest BCUT2D eigenvalue weighted by Crippen LogP contribution is 2.30. The molecule has 0 fully saturated rings. The molecule has 0 radical (unpaired) electrons. The Labute approximate surface area is 111 Å². The van der Waals surface area contributed by atoms with Crippen LogP contribution in [0.25, 0.3) is 0 Å². The standard InChI is InChI=1S/C10H9F4NO4S/c1-9(11,8(15)16)6-2-4-7(5-3-6)19-20(17,18)10(12,13)14/h2-5H,1H3,(H2,15,16)/t9-/m1/s1. The fourth-order valence-corrected chi connectivity index (χ4v) is 1.60. The Morgan fingerprint density at radius 1 is 1.15 bits per heavy atom. The molecule has 0 aromatic heterocycles. The summed E-state index contributed by atoms with van der Waals surface area (Å²) in [5, 5.41) is 0. The first-order valence-corrected chi connectivity index (χ1v) is 6.39. The zero-order valence-corrected chi connectivity index (χ0v) is 10.8. The summed E-state index contributed by atoms with van der Waals surface area (Å²) in [5.41, 5.74) is -3.56. The molecule has 0 unspecified atom stereocenters. The smallest absolute Gasteiger partial charge is 0.376 e. The van der Waals surface area contributed by atoms with Gasteiger partial charge in [0.05, 0.1) is 0 Å². The fourth-order valence-electron chi connectivity index (χ4n) is 1.14. The molecule has 0 aliphatic rings. The maximum atomic E-state index is 13.8. The van der Waals surface area contributed by atoms with Gasteiger partial charge < -0.3 is 9.92 Å². The van der Waals surface area contributed by atoms with Gasteiger partial charge in [-0.3, -0.25) is 4.79 Å². The van der Waals surface area contributed by atoms with Crippen LogP contribution in [-0.4, -0.2) is 19.8 Å². The van der Waals surface area contributed by atoms with Gasteiger partial charge in [0.2, 0.25) is 5.67 Å². The number of hydrogen-bond donors (Lipinski definition) is 1. The van der Waals surface area contributed by atoms with Gasteiger partial charge in [-0.1, -0.05) is 12.1 Å². The monoisotopic (exact) mass is 315 g/mol. The van der Waals surface area contributed by atoms with E-state index in [1.54, 1.807) is 0 Å². The molecule has 0 bridgehead atoms. The van der Waals surface area contributed by atoms with Gasteiger partial charge in [0.15, 0.2) is 0 Å². The Morgan fingerprint density at radius 2 is 1.60 bits per heavy atom. The van der Waals surface area contributed by atoms with E-state index in [2.05, 4.69) is 4.18 Å². The second-order valence-electron chi connectivity index (χ2n) is 3.87. The Kier molecular flexibility index (Phi) is 3.99. The van der Waals surface area contributed by atoms with Crippen molar-refractivity contribution in [2.24, 2.45) is 5.73 Å². The molecule has 0 spiro atoms.